The maximum atomic E-state index is 4.34. The average Bonchev–Trinajstić information content (AvgIpc) is 2.74. The number of aryl methyl sites for hydroxylation is 2. The molecule has 108 valence electrons. The van der Waals surface area contributed by atoms with Gasteiger partial charge in [-0.2, -0.15) is 5.10 Å². The zero-order chi connectivity index (χ0) is 14.7. The maximum Gasteiger partial charge on any atom is 0.146 e. The molecule has 4 nitrogen and oxygen atoms in total. The number of rotatable bonds is 5. The van der Waals surface area contributed by atoms with Crippen LogP contribution in [0.3, 0.4) is 0 Å². The third-order valence-electron chi connectivity index (χ3n) is 3.15. The van der Waals surface area contributed by atoms with Gasteiger partial charge in [-0.05, 0) is 43.0 Å². The van der Waals surface area contributed by atoms with Gasteiger partial charge in [0.05, 0.1) is 6.54 Å². The lowest BCUT2D eigenvalue weighted by atomic mass is 10.1. The van der Waals surface area contributed by atoms with Crippen LogP contribution in [0.1, 0.15) is 30.8 Å². The summed E-state index contributed by atoms with van der Waals surface area (Å²) in [5.41, 5.74) is 3.63. The molecule has 0 saturated heterocycles. The van der Waals surface area contributed by atoms with E-state index in [1.165, 1.54) is 16.8 Å². The van der Waals surface area contributed by atoms with E-state index in [-0.39, 0.29) is 0 Å². The first kappa shape index (κ1) is 15.0. The van der Waals surface area contributed by atoms with E-state index in [0.717, 1.165) is 16.8 Å². The molecule has 0 aliphatic carbocycles. The van der Waals surface area contributed by atoms with E-state index in [9.17, 15) is 0 Å². The van der Waals surface area contributed by atoms with Gasteiger partial charge in [-0.15, -0.1) is 0 Å². The van der Waals surface area contributed by atoms with Gasteiger partial charge in [0.2, 0.25) is 0 Å². The molecule has 0 unspecified atom stereocenters. The van der Waals surface area contributed by atoms with Crippen LogP contribution in [0.25, 0.3) is 0 Å². The van der Waals surface area contributed by atoms with Crippen LogP contribution in [0.2, 0.25) is 0 Å². The number of nitrogens with one attached hydrogen (secondary N) is 1. The second kappa shape index (κ2) is 6.39. The molecular weight excluding hydrogens is 316 g/mol. The molecule has 1 N–H and O–H groups in total. The van der Waals surface area contributed by atoms with Crippen molar-refractivity contribution >= 4 is 21.6 Å². The standard InChI is InChI=1S/C15H21BrN4/c1-10(2)8-20-14(18-9-19-20)7-17-15-11(3)5-13(16)6-12(15)4/h5-6,9-10,17H,7-8H2,1-4H3. The molecule has 5 heteroatoms. The molecule has 1 aromatic heterocycles. The van der Waals surface area contributed by atoms with Gasteiger partial charge in [0.25, 0.3) is 0 Å². The molecule has 0 bridgehead atoms. The predicted molar refractivity (Wildman–Crippen MR) is 85.8 cm³/mol. The lowest BCUT2D eigenvalue weighted by Crippen LogP contribution is -2.14. The smallest absolute Gasteiger partial charge is 0.146 e. The Hall–Kier alpha value is -1.36. The van der Waals surface area contributed by atoms with Crippen molar-refractivity contribution in [3.05, 3.63) is 39.9 Å². The van der Waals surface area contributed by atoms with Gasteiger partial charge < -0.3 is 5.32 Å². The van der Waals surface area contributed by atoms with Gasteiger partial charge >= 0.3 is 0 Å². The Kier molecular flexibility index (Phi) is 4.81. The van der Waals surface area contributed by atoms with Crippen LogP contribution in [-0.2, 0) is 13.1 Å². The first-order valence-corrected chi connectivity index (χ1v) is 7.64. The molecule has 20 heavy (non-hydrogen) atoms. The molecule has 2 rings (SSSR count). The Morgan fingerprint density at radius 3 is 2.50 bits per heavy atom. The van der Waals surface area contributed by atoms with Gasteiger partial charge in [-0.25, -0.2) is 9.67 Å². The molecule has 0 fully saturated rings. The quantitative estimate of drug-likeness (QED) is 0.899. The molecule has 0 aliphatic rings. The molecule has 0 amide bonds. The van der Waals surface area contributed by atoms with Crippen molar-refractivity contribution in [1.82, 2.24) is 14.8 Å². The minimum atomic E-state index is 0.562. The Labute approximate surface area is 128 Å². The Balaban J connectivity index is 2.12. The van der Waals surface area contributed by atoms with Crippen molar-refractivity contribution in [1.29, 1.82) is 0 Å². The van der Waals surface area contributed by atoms with Crippen LogP contribution < -0.4 is 5.32 Å². The fourth-order valence-corrected chi connectivity index (χ4v) is 2.97. The zero-order valence-electron chi connectivity index (χ0n) is 12.4. The lowest BCUT2D eigenvalue weighted by molar-refractivity contribution is 0.468. The molecule has 0 aliphatic heterocycles. The lowest BCUT2D eigenvalue weighted by Gasteiger charge is -2.14. The van der Waals surface area contributed by atoms with Crippen LogP contribution >= 0.6 is 15.9 Å². The summed E-state index contributed by atoms with van der Waals surface area (Å²) in [5, 5.41) is 7.77. The van der Waals surface area contributed by atoms with Gasteiger partial charge in [-0.3, -0.25) is 0 Å². The van der Waals surface area contributed by atoms with Crippen molar-refractivity contribution in [2.24, 2.45) is 5.92 Å². The van der Waals surface area contributed by atoms with E-state index in [1.807, 2.05) is 4.68 Å². The van der Waals surface area contributed by atoms with Crippen molar-refractivity contribution in [2.75, 3.05) is 5.32 Å². The maximum absolute atomic E-state index is 4.34. The largest absolute Gasteiger partial charge is 0.377 e. The fourth-order valence-electron chi connectivity index (χ4n) is 2.28. The van der Waals surface area contributed by atoms with Crippen molar-refractivity contribution in [3.63, 3.8) is 0 Å². The highest BCUT2D eigenvalue weighted by molar-refractivity contribution is 9.10. The summed E-state index contributed by atoms with van der Waals surface area (Å²) >= 11 is 3.52. The average molecular weight is 337 g/mol. The highest BCUT2D eigenvalue weighted by atomic mass is 79.9. The van der Waals surface area contributed by atoms with E-state index in [2.05, 4.69) is 71.2 Å². The normalized spacial score (nSPS) is 11.1. The molecular formula is C15H21BrN4. The molecule has 2 aromatic rings. The number of nitrogens with zero attached hydrogens (tertiary/aromatic N) is 3. The number of halogens is 1. The number of aromatic nitrogens is 3. The summed E-state index contributed by atoms with van der Waals surface area (Å²) in [7, 11) is 0. The zero-order valence-corrected chi connectivity index (χ0v) is 14.0. The number of hydrogen-bond donors (Lipinski definition) is 1. The molecule has 1 aromatic carbocycles. The van der Waals surface area contributed by atoms with E-state index < -0.39 is 0 Å². The molecule has 0 spiro atoms. The van der Waals surface area contributed by atoms with Crippen LogP contribution in [0.15, 0.2) is 22.9 Å². The monoisotopic (exact) mass is 336 g/mol. The Morgan fingerprint density at radius 2 is 1.90 bits per heavy atom. The summed E-state index contributed by atoms with van der Waals surface area (Å²) < 4.78 is 3.09. The second-order valence-corrected chi connectivity index (χ2v) is 6.44. The van der Waals surface area contributed by atoms with E-state index in [4.69, 9.17) is 0 Å². The second-order valence-electron chi connectivity index (χ2n) is 5.52. The summed E-state index contributed by atoms with van der Waals surface area (Å²) in [6.07, 6.45) is 1.63. The summed E-state index contributed by atoms with van der Waals surface area (Å²) in [4.78, 5) is 4.34. The highest BCUT2D eigenvalue weighted by Gasteiger charge is 2.08. The summed E-state index contributed by atoms with van der Waals surface area (Å²) in [6, 6.07) is 4.24. The highest BCUT2D eigenvalue weighted by Crippen LogP contribution is 2.25. The first-order chi connectivity index (χ1) is 9.47. The topological polar surface area (TPSA) is 42.7 Å². The van der Waals surface area contributed by atoms with Crippen molar-refractivity contribution in [3.8, 4) is 0 Å². The third-order valence-corrected chi connectivity index (χ3v) is 3.61. The van der Waals surface area contributed by atoms with E-state index >= 15 is 0 Å². The minimum absolute atomic E-state index is 0.562. The van der Waals surface area contributed by atoms with Gasteiger partial charge in [-0.1, -0.05) is 29.8 Å². The van der Waals surface area contributed by atoms with Gasteiger partial charge in [0.1, 0.15) is 12.2 Å². The fraction of sp³-hybridized carbons (Fsp3) is 0.467. The Morgan fingerprint density at radius 1 is 1.25 bits per heavy atom. The third kappa shape index (κ3) is 3.60. The van der Waals surface area contributed by atoms with Crippen LogP contribution in [0.5, 0.6) is 0 Å². The van der Waals surface area contributed by atoms with Crippen LogP contribution in [0.4, 0.5) is 5.69 Å². The van der Waals surface area contributed by atoms with E-state index in [1.54, 1.807) is 6.33 Å². The first-order valence-electron chi connectivity index (χ1n) is 6.84. The van der Waals surface area contributed by atoms with Crippen LogP contribution in [0, 0.1) is 19.8 Å². The van der Waals surface area contributed by atoms with Crippen molar-refractivity contribution in [2.45, 2.75) is 40.8 Å². The van der Waals surface area contributed by atoms with Crippen molar-refractivity contribution < 1.29 is 0 Å². The SMILES string of the molecule is Cc1cc(Br)cc(C)c1NCc1ncnn1CC(C)C. The molecule has 0 atom stereocenters. The predicted octanol–water partition coefficient (Wildman–Crippen LogP) is 3.93. The number of hydrogen-bond acceptors (Lipinski definition) is 3. The summed E-state index contributed by atoms with van der Waals surface area (Å²) in [5.74, 6) is 1.53. The minimum Gasteiger partial charge on any atom is -0.377 e. The number of benzene rings is 1. The molecule has 0 saturated carbocycles. The molecule has 1 heterocycles. The Bertz CT molecular complexity index is 566. The van der Waals surface area contributed by atoms with Crippen LogP contribution in [-0.4, -0.2) is 14.8 Å². The van der Waals surface area contributed by atoms with Gasteiger partial charge in [0, 0.05) is 16.7 Å². The van der Waals surface area contributed by atoms with E-state index in [0.29, 0.717) is 12.5 Å². The summed E-state index contributed by atoms with van der Waals surface area (Å²) in [6.45, 7) is 10.2. The number of anilines is 1. The molecule has 0 radical (unpaired) electrons. The van der Waals surface area contributed by atoms with Gasteiger partial charge in [0.15, 0.2) is 0 Å².